The minimum absolute atomic E-state index is 0.0648. The number of halogens is 1. The Kier molecular flexibility index (Phi) is 1.85. The molecule has 0 amide bonds. The Labute approximate surface area is 63.0 Å². The Bertz CT molecular complexity index is 298. The van der Waals surface area contributed by atoms with E-state index in [4.69, 9.17) is 5.73 Å². The molecule has 4 heteroatoms. The van der Waals surface area contributed by atoms with Crippen molar-refractivity contribution in [3.63, 3.8) is 0 Å². The zero-order valence-corrected chi connectivity index (χ0v) is 5.97. The molecule has 0 fully saturated rings. The molecule has 1 aromatic heterocycles. The molecule has 0 aromatic carbocycles. The van der Waals surface area contributed by atoms with Crippen molar-refractivity contribution in [1.29, 1.82) is 0 Å². The average Bonchev–Trinajstić information content (AvgIpc) is 1.94. The molecule has 1 rings (SSSR count). The van der Waals surface area contributed by atoms with Gasteiger partial charge in [0, 0.05) is 0 Å². The maximum absolute atomic E-state index is 12.6. The molecular weight excluding hydrogens is 147 g/mol. The summed E-state index contributed by atoms with van der Waals surface area (Å²) in [5, 5.41) is 0. The lowest BCUT2D eigenvalue weighted by Gasteiger charge is -1.97. The smallest absolute Gasteiger partial charge is 0.223 e. The van der Waals surface area contributed by atoms with Crippen LogP contribution < -0.4 is 5.73 Å². The summed E-state index contributed by atoms with van der Waals surface area (Å²) in [5.41, 5.74) is 5.51. The lowest BCUT2D eigenvalue weighted by Crippen LogP contribution is -2.01. The van der Waals surface area contributed by atoms with E-state index in [2.05, 4.69) is 4.98 Å². The van der Waals surface area contributed by atoms with Crippen LogP contribution in [0.3, 0.4) is 0 Å². The van der Waals surface area contributed by atoms with E-state index in [0.29, 0.717) is 0 Å². The molecule has 0 aliphatic heterocycles. The monoisotopic (exact) mass is 154 g/mol. The normalized spacial score (nSPS) is 9.64. The third-order valence-electron chi connectivity index (χ3n) is 1.24. The Morgan fingerprint density at radius 3 is 2.82 bits per heavy atom. The molecule has 0 saturated carbocycles. The van der Waals surface area contributed by atoms with Crippen LogP contribution in [0.2, 0.25) is 0 Å². The van der Waals surface area contributed by atoms with Gasteiger partial charge in [0.1, 0.15) is 0 Å². The largest absolute Gasteiger partial charge is 0.397 e. The van der Waals surface area contributed by atoms with Gasteiger partial charge in [-0.2, -0.15) is 4.39 Å². The van der Waals surface area contributed by atoms with Crippen LogP contribution in [0.25, 0.3) is 0 Å². The van der Waals surface area contributed by atoms with Crippen molar-refractivity contribution in [3.05, 3.63) is 23.8 Å². The van der Waals surface area contributed by atoms with Gasteiger partial charge in [-0.15, -0.1) is 0 Å². The Hall–Kier alpha value is -1.45. The van der Waals surface area contributed by atoms with Crippen molar-refractivity contribution in [1.82, 2.24) is 4.98 Å². The van der Waals surface area contributed by atoms with Gasteiger partial charge >= 0.3 is 0 Å². The first-order valence-corrected chi connectivity index (χ1v) is 3.03. The second-order valence-electron chi connectivity index (χ2n) is 2.16. The standard InChI is InChI=1S/C7H7FN2O/c1-4(11)6-2-5(9)3-10-7(6)8/h2-3H,9H2,1H3. The number of Topliss-reactive ketones (excluding diaryl/α,β-unsaturated/α-hetero) is 1. The summed E-state index contributed by atoms with van der Waals surface area (Å²) in [6.45, 7) is 1.26. The number of ketones is 1. The highest BCUT2D eigenvalue weighted by molar-refractivity contribution is 5.94. The molecule has 0 spiro atoms. The van der Waals surface area contributed by atoms with Gasteiger partial charge in [0.2, 0.25) is 5.95 Å². The molecule has 0 atom stereocenters. The molecule has 0 bridgehead atoms. The van der Waals surface area contributed by atoms with E-state index in [9.17, 15) is 9.18 Å². The summed E-state index contributed by atoms with van der Waals surface area (Å²) < 4.78 is 12.6. The molecule has 1 aromatic rings. The van der Waals surface area contributed by atoms with Crippen molar-refractivity contribution in [3.8, 4) is 0 Å². The van der Waals surface area contributed by atoms with E-state index >= 15 is 0 Å². The highest BCUT2D eigenvalue weighted by atomic mass is 19.1. The van der Waals surface area contributed by atoms with Crippen LogP contribution in [0.5, 0.6) is 0 Å². The zero-order chi connectivity index (χ0) is 8.43. The van der Waals surface area contributed by atoms with Gasteiger partial charge in [-0.3, -0.25) is 4.79 Å². The van der Waals surface area contributed by atoms with Crippen LogP contribution in [0.15, 0.2) is 12.3 Å². The number of nitrogens with zero attached hydrogens (tertiary/aromatic N) is 1. The maximum atomic E-state index is 12.6. The summed E-state index contributed by atoms with van der Waals surface area (Å²) in [5.74, 6) is -1.14. The number of nitrogens with two attached hydrogens (primary N) is 1. The number of nitrogen functional groups attached to an aromatic ring is 1. The lowest BCUT2D eigenvalue weighted by atomic mass is 10.2. The van der Waals surface area contributed by atoms with Crippen molar-refractivity contribution in [2.75, 3.05) is 5.73 Å². The van der Waals surface area contributed by atoms with Crippen LogP contribution in [-0.2, 0) is 0 Å². The first kappa shape index (κ1) is 7.65. The summed E-state index contributed by atoms with van der Waals surface area (Å²) >= 11 is 0. The van der Waals surface area contributed by atoms with Gasteiger partial charge in [-0.1, -0.05) is 0 Å². The number of pyridine rings is 1. The number of anilines is 1. The molecule has 3 nitrogen and oxygen atoms in total. The van der Waals surface area contributed by atoms with Gasteiger partial charge in [-0.05, 0) is 13.0 Å². The fraction of sp³-hybridized carbons (Fsp3) is 0.143. The van der Waals surface area contributed by atoms with Crippen LogP contribution >= 0.6 is 0 Å². The fourth-order valence-electron chi connectivity index (χ4n) is 0.711. The molecule has 2 N–H and O–H groups in total. The number of aromatic nitrogens is 1. The predicted octanol–water partition coefficient (Wildman–Crippen LogP) is 1.01. The van der Waals surface area contributed by atoms with E-state index in [1.54, 1.807) is 0 Å². The average molecular weight is 154 g/mol. The number of rotatable bonds is 1. The van der Waals surface area contributed by atoms with Crippen molar-refractivity contribution >= 4 is 11.5 Å². The quantitative estimate of drug-likeness (QED) is 0.485. The van der Waals surface area contributed by atoms with E-state index in [-0.39, 0.29) is 17.0 Å². The minimum atomic E-state index is -0.772. The van der Waals surface area contributed by atoms with Crippen molar-refractivity contribution < 1.29 is 9.18 Å². The molecule has 0 aliphatic carbocycles. The molecule has 58 valence electrons. The second-order valence-corrected chi connectivity index (χ2v) is 2.16. The van der Waals surface area contributed by atoms with Crippen molar-refractivity contribution in [2.24, 2.45) is 0 Å². The number of carbonyl (C=O) groups excluding carboxylic acids is 1. The van der Waals surface area contributed by atoms with E-state index in [0.717, 1.165) is 0 Å². The maximum Gasteiger partial charge on any atom is 0.223 e. The zero-order valence-electron chi connectivity index (χ0n) is 5.97. The third kappa shape index (κ3) is 1.52. The van der Waals surface area contributed by atoms with Crippen molar-refractivity contribution in [2.45, 2.75) is 6.92 Å². The molecule has 0 saturated heterocycles. The number of carbonyl (C=O) groups is 1. The molecule has 11 heavy (non-hydrogen) atoms. The predicted molar refractivity (Wildman–Crippen MR) is 38.6 cm³/mol. The molecule has 1 heterocycles. The van der Waals surface area contributed by atoms with Gasteiger partial charge in [0.25, 0.3) is 0 Å². The van der Waals surface area contributed by atoms with Gasteiger partial charge < -0.3 is 5.73 Å². The van der Waals surface area contributed by atoms with Gasteiger partial charge in [0.15, 0.2) is 5.78 Å². The molecule has 0 aliphatic rings. The highest BCUT2D eigenvalue weighted by Crippen LogP contribution is 2.08. The summed E-state index contributed by atoms with van der Waals surface area (Å²) in [6, 6.07) is 1.27. The Balaban J connectivity index is 3.23. The first-order chi connectivity index (χ1) is 5.11. The number of hydrogen-bond acceptors (Lipinski definition) is 3. The van der Waals surface area contributed by atoms with E-state index < -0.39 is 5.95 Å². The van der Waals surface area contributed by atoms with Crippen LogP contribution in [0.4, 0.5) is 10.1 Å². The van der Waals surface area contributed by atoms with Crippen LogP contribution in [0, 0.1) is 5.95 Å². The van der Waals surface area contributed by atoms with Gasteiger partial charge in [0.05, 0.1) is 17.4 Å². The minimum Gasteiger partial charge on any atom is -0.397 e. The summed E-state index contributed by atoms with van der Waals surface area (Å²) in [7, 11) is 0. The fourth-order valence-corrected chi connectivity index (χ4v) is 0.711. The van der Waals surface area contributed by atoms with E-state index in [1.807, 2.05) is 0 Å². The van der Waals surface area contributed by atoms with Gasteiger partial charge in [-0.25, -0.2) is 4.98 Å². The van der Waals surface area contributed by atoms with Crippen LogP contribution in [0.1, 0.15) is 17.3 Å². The third-order valence-corrected chi connectivity index (χ3v) is 1.24. The topological polar surface area (TPSA) is 56.0 Å². The first-order valence-electron chi connectivity index (χ1n) is 3.03. The Morgan fingerprint density at radius 1 is 1.73 bits per heavy atom. The lowest BCUT2D eigenvalue weighted by molar-refractivity contribution is 0.101. The molecular formula is C7H7FN2O. The second kappa shape index (κ2) is 2.65. The molecule has 0 radical (unpaired) electrons. The molecule has 0 unspecified atom stereocenters. The van der Waals surface area contributed by atoms with E-state index in [1.165, 1.54) is 19.2 Å². The van der Waals surface area contributed by atoms with Crippen LogP contribution in [-0.4, -0.2) is 10.8 Å². The summed E-state index contributed by atoms with van der Waals surface area (Å²) in [6.07, 6.45) is 1.17. The Morgan fingerprint density at radius 2 is 2.36 bits per heavy atom. The SMILES string of the molecule is CC(=O)c1cc(N)cnc1F. The summed E-state index contributed by atoms with van der Waals surface area (Å²) in [4.78, 5) is 14.0. The number of hydrogen-bond donors (Lipinski definition) is 1. The highest BCUT2D eigenvalue weighted by Gasteiger charge is 2.07.